The fraction of sp³-hybridized carbons (Fsp3) is 0.250. The van der Waals surface area contributed by atoms with Crippen LogP contribution in [0.2, 0.25) is 0 Å². The van der Waals surface area contributed by atoms with Crippen LogP contribution in [0, 0.1) is 11.6 Å². The lowest BCUT2D eigenvalue weighted by Gasteiger charge is -2.22. The fourth-order valence-electron chi connectivity index (χ4n) is 2.18. The van der Waals surface area contributed by atoms with Crippen LogP contribution in [-0.2, 0) is 13.1 Å². The molecule has 0 atom stereocenters. The molecule has 0 saturated carbocycles. The number of hydrogen-bond acceptors (Lipinski definition) is 2. The largest absolute Gasteiger partial charge is 0.329 e. The molecule has 2 nitrogen and oxygen atoms in total. The van der Waals surface area contributed by atoms with Crippen LogP contribution in [-0.4, -0.2) is 18.0 Å². The molecule has 2 aromatic carbocycles. The SMILES string of the molecule is NCCN(Cc1ccccc1)Cc1c(F)ccc(Br)c1F. The van der Waals surface area contributed by atoms with E-state index in [0.717, 1.165) is 5.56 Å². The minimum atomic E-state index is -0.551. The lowest BCUT2D eigenvalue weighted by atomic mass is 10.1. The van der Waals surface area contributed by atoms with Crippen LogP contribution in [0.5, 0.6) is 0 Å². The van der Waals surface area contributed by atoms with Crippen LogP contribution in [0.3, 0.4) is 0 Å². The van der Waals surface area contributed by atoms with Crippen molar-refractivity contribution in [1.82, 2.24) is 4.90 Å². The van der Waals surface area contributed by atoms with Gasteiger partial charge in [0.2, 0.25) is 0 Å². The second-order valence-corrected chi connectivity index (χ2v) is 5.66. The average molecular weight is 355 g/mol. The number of nitrogens with zero attached hydrogens (tertiary/aromatic N) is 1. The molecular formula is C16H17BrF2N2. The van der Waals surface area contributed by atoms with Gasteiger partial charge in [0, 0.05) is 31.7 Å². The molecule has 2 aromatic rings. The van der Waals surface area contributed by atoms with Crippen molar-refractivity contribution in [2.45, 2.75) is 13.1 Å². The smallest absolute Gasteiger partial charge is 0.144 e. The number of rotatable bonds is 6. The van der Waals surface area contributed by atoms with Crippen LogP contribution >= 0.6 is 15.9 Å². The lowest BCUT2D eigenvalue weighted by Crippen LogP contribution is -2.29. The summed E-state index contributed by atoms with van der Waals surface area (Å²) in [5.41, 5.74) is 6.75. The Morgan fingerprint density at radius 1 is 1.00 bits per heavy atom. The predicted molar refractivity (Wildman–Crippen MR) is 83.7 cm³/mol. The van der Waals surface area contributed by atoms with E-state index in [1.54, 1.807) is 0 Å². The van der Waals surface area contributed by atoms with Gasteiger partial charge in [-0.05, 0) is 33.6 Å². The van der Waals surface area contributed by atoms with Crippen molar-refractivity contribution in [3.05, 3.63) is 69.7 Å². The lowest BCUT2D eigenvalue weighted by molar-refractivity contribution is 0.256. The van der Waals surface area contributed by atoms with Crippen molar-refractivity contribution in [3.63, 3.8) is 0 Å². The number of halogens is 3. The summed E-state index contributed by atoms with van der Waals surface area (Å²) in [6, 6.07) is 12.4. The number of hydrogen-bond donors (Lipinski definition) is 1. The maximum atomic E-state index is 14.1. The summed E-state index contributed by atoms with van der Waals surface area (Å²) in [4.78, 5) is 1.93. The number of benzene rings is 2. The first-order chi connectivity index (χ1) is 10.1. The molecule has 0 bridgehead atoms. The first-order valence-corrected chi connectivity index (χ1v) is 7.50. The minimum absolute atomic E-state index is 0.0637. The van der Waals surface area contributed by atoms with Crippen LogP contribution in [0.1, 0.15) is 11.1 Å². The molecule has 0 heterocycles. The Hall–Kier alpha value is -1.30. The molecule has 0 aliphatic rings. The second kappa shape index (κ2) is 7.64. The maximum absolute atomic E-state index is 14.1. The maximum Gasteiger partial charge on any atom is 0.144 e. The summed E-state index contributed by atoms with van der Waals surface area (Å²) in [7, 11) is 0. The minimum Gasteiger partial charge on any atom is -0.329 e. The van der Waals surface area contributed by atoms with Gasteiger partial charge in [-0.2, -0.15) is 0 Å². The molecule has 0 amide bonds. The van der Waals surface area contributed by atoms with Gasteiger partial charge >= 0.3 is 0 Å². The zero-order chi connectivity index (χ0) is 15.2. The molecule has 0 aliphatic heterocycles. The van der Waals surface area contributed by atoms with E-state index in [1.807, 2.05) is 35.2 Å². The van der Waals surface area contributed by atoms with Crippen LogP contribution in [0.15, 0.2) is 46.9 Å². The highest BCUT2D eigenvalue weighted by atomic mass is 79.9. The van der Waals surface area contributed by atoms with E-state index in [9.17, 15) is 8.78 Å². The zero-order valence-corrected chi connectivity index (χ0v) is 13.1. The van der Waals surface area contributed by atoms with E-state index in [1.165, 1.54) is 12.1 Å². The Bertz CT molecular complexity index is 590. The molecule has 0 radical (unpaired) electrons. The molecule has 0 spiro atoms. The first-order valence-electron chi connectivity index (χ1n) is 6.70. The molecule has 2 N–H and O–H groups in total. The van der Waals surface area contributed by atoms with E-state index in [2.05, 4.69) is 15.9 Å². The highest BCUT2D eigenvalue weighted by Gasteiger charge is 2.16. The predicted octanol–water partition coefficient (Wildman–Crippen LogP) is 3.69. The Kier molecular flexibility index (Phi) is 5.85. The topological polar surface area (TPSA) is 29.3 Å². The van der Waals surface area contributed by atoms with Gasteiger partial charge in [-0.3, -0.25) is 4.90 Å². The Labute approximate surface area is 131 Å². The fourth-order valence-corrected chi connectivity index (χ4v) is 2.55. The summed E-state index contributed by atoms with van der Waals surface area (Å²) in [5, 5.41) is 0. The van der Waals surface area contributed by atoms with Crippen molar-refractivity contribution < 1.29 is 8.78 Å². The van der Waals surface area contributed by atoms with Crippen molar-refractivity contribution >= 4 is 15.9 Å². The van der Waals surface area contributed by atoms with Crippen LogP contribution in [0.25, 0.3) is 0 Å². The van der Waals surface area contributed by atoms with Crippen molar-refractivity contribution in [3.8, 4) is 0 Å². The van der Waals surface area contributed by atoms with Crippen LogP contribution in [0.4, 0.5) is 8.78 Å². The van der Waals surface area contributed by atoms with Crippen molar-refractivity contribution in [2.24, 2.45) is 5.73 Å². The van der Waals surface area contributed by atoms with Crippen molar-refractivity contribution in [1.29, 1.82) is 0 Å². The van der Waals surface area contributed by atoms with Crippen molar-refractivity contribution in [2.75, 3.05) is 13.1 Å². The normalized spacial score (nSPS) is 11.1. The standard InChI is InChI=1S/C16H17BrF2N2/c17-14-6-7-15(18)13(16(14)19)11-21(9-8-20)10-12-4-2-1-3-5-12/h1-7H,8-11,20H2. The van der Waals surface area contributed by atoms with Gasteiger partial charge in [0.25, 0.3) is 0 Å². The summed E-state index contributed by atoms with van der Waals surface area (Å²) >= 11 is 3.09. The molecular weight excluding hydrogens is 338 g/mol. The van der Waals surface area contributed by atoms with Gasteiger partial charge in [0.15, 0.2) is 0 Å². The first kappa shape index (κ1) is 16.1. The van der Waals surface area contributed by atoms with Gasteiger partial charge in [0.05, 0.1) is 4.47 Å². The molecule has 0 saturated heterocycles. The third-order valence-electron chi connectivity index (χ3n) is 3.21. The summed E-state index contributed by atoms with van der Waals surface area (Å²) < 4.78 is 28.2. The summed E-state index contributed by atoms with van der Waals surface area (Å²) in [6.45, 7) is 1.79. The number of nitrogens with two attached hydrogens (primary N) is 1. The van der Waals surface area contributed by atoms with E-state index < -0.39 is 11.6 Å². The zero-order valence-electron chi connectivity index (χ0n) is 11.5. The third kappa shape index (κ3) is 4.33. The molecule has 0 fully saturated rings. The molecule has 2 rings (SSSR count). The molecule has 5 heteroatoms. The summed E-state index contributed by atoms with van der Waals surface area (Å²) in [5.74, 6) is -1.09. The van der Waals surface area contributed by atoms with Crippen LogP contribution < -0.4 is 5.73 Å². The molecule has 0 aromatic heterocycles. The van der Waals surface area contributed by atoms with E-state index in [4.69, 9.17) is 5.73 Å². The molecule has 21 heavy (non-hydrogen) atoms. The molecule has 0 unspecified atom stereocenters. The average Bonchev–Trinajstić information content (AvgIpc) is 2.49. The molecule has 0 aliphatic carbocycles. The Balaban J connectivity index is 2.19. The van der Waals surface area contributed by atoms with E-state index in [-0.39, 0.29) is 16.6 Å². The van der Waals surface area contributed by atoms with Gasteiger partial charge in [-0.25, -0.2) is 8.78 Å². The second-order valence-electron chi connectivity index (χ2n) is 4.81. The van der Waals surface area contributed by atoms with E-state index in [0.29, 0.717) is 19.6 Å². The van der Waals surface area contributed by atoms with Gasteiger partial charge in [-0.1, -0.05) is 30.3 Å². The van der Waals surface area contributed by atoms with Gasteiger partial charge < -0.3 is 5.73 Å². The van der Waals surface area contributed by atoms with Gasteiger partial charge in [0.1, 0.15) is 11.6 Å². The van der Waals surface area contributed by atoms with E-state index >= 15 is 0 Å². The highest BCUT2D eigenvalue weighted by molar-refractivity contribution is 9.10. The highest BCUT2D eigenvalue weighted by Crippen LogP contribution is 2.23. The summed E-state index contributed by atoms with van der Waals surface area (Å²) in [6.07, 6.45) is 0. The monoisotopic (exact) mass is 354 g/mol. The Morgan fingerprint density at radius 2 is 1.71 bits per heavy atom. The Morgan fingerprint density at radius 3 is 2.38 bits per heavy atom. The van der Waals surface area contributed by atoms with Gasteiger partial charge in [-0.15, -0.1) is 0 Å². The molecule has 112 valence electrons. The quantitative estimate of drug-likeness (QED) is 0.801. The third-order valence-corrected chi connectivity index (χ3v) is 3.83.